The molecule has 5 heteroatoms. The molecule has 2 N–H and O–H groups in total. The van der Waals surface area contributed by atoms with Crippen molar-refractivity contribution in [1.29, 1.82) is 0 Å². The zero-order valence-electron chi connectivity index (χ0n) is 10.9. The van der Waals surface area contributed by atoms with E-state index in [2.05, 4.69) is 10.6 Å². The Kier molecular flexibility index (Phi) is 4.93. The number of hydrogen-bond acceptors (Lipinski definition) is 1. The molecule has 104 valence electrons. The minimum atomic E-state index is -0.249. The number of thiocarbonyl (C=S) groups is 1. The summed E-state index contributed by atoms with van der Waals surface area (Å²) in [5.74, 6) is -0.249. The first-order chi connectivity index (χ1) is 9.56. The van der Waals surface area contributed by atoms with E-state index in [9.17, 15) is 4.39 Å². The van der Waals surface area contributed by atoms with Crippen LogP contribution in [-0.4, -0.2) is 5.11 Å². The zero-order valence-corrected chi connectivity index (χ0v) is 12.5. The molecular formula is C15H14ClFN2S. The van der Waals surface area contributed by atoms with E-state index in [1.807, 2.05) is 19.1 Å². The molecular weight excluding hydrogens is 295 g/mol. The van der Waals surface area contributed by atoms with Crippen LogP contribution in [0.5, 0.6) is 0 Å². The minimum Gasteiger partial charge on any atom is -0.358 e. The maximum atomic E-state index is 13.4. The molecule has 0 spiro atoms. The van der Waals surface area contributed by atoms with Crippen molar-refractivity contribution in [1.82, 2.24) is 5.32 Å². The van der Waals surface area contributed by atoms with Gasteiger partial charge in [-0.15, -0.1) is 0 Å². The highest BCUT2D eigenvalue weighted by molar-refractivity contribution is 7.80. The van der Waals surface area contributed by atoms with Crippen LogP contribution in [0.15, 0.2) is 42.5 Å². The lowest BCUT2D eigenvalue weighted by molar-refractivity contribution is 0.606. The molecule has 0 atom stereocenters. The Hall–Kier alpha value is -1.65. The number of benzene rings is 2. The van der Waals surface area contributed by atoms with Crippen LogP contribution in [0.2, 0.25) is 5.02 Å². The maximum Gasteiger partial charge on any atom is 0.171 e. The zero-order chi connectivity index (χ0) is 14.5. The summed E-state index contributed by atoms with van der Waals surface area (Å²) in [6.07, 6.45) is 0. The predicted molar refractivity (Wildman–Crippen MR) is 85.6 cm³/mol. The largest absolute Gasteiger partial charge is 0.358 e. The van der Waals surface area contributed by atoms with Gasteiger partial charge in [-0.05, 0) is 42.9 Å². The van der Waals surface area contributed by atoms with Crippen LogP contribution in [-0.2, 0) is 6.54 Å². The van der Waals surface area contributed by atoms with Gasteiger partial charge >= 0.3 is 0 Å². The average molecular weight is 309 g/mol. The van der Waals surface area contributed by atoms with E-state index < -0.39 is 0 Å². The first kappa shape index (κ1) is 14.8. The Bertz CT molecular complexity index is 631. The summed E-state index contributed by atoms with van der Waals surface area (Å²) in [4.78, 5) is 0. The van der Waals surface area contributed by atoms with Crippen molar-refractivity contribution in [2.75, 3.05) is 5.32 Å². The van der Waals surface area contributed by atoms with Gasteiger partial charge in [-0.3, -0.25) is 0 Å². The van der Waals surface area contributed by atoms with E-state index >= 15 is 0 Å². The molecule has 0 unspecified atom stereocenters. The normalized spacial score (nSPS) is 10.2. The fourth-order valence-corrected chi connectivity index (χ4v) is 2.03. The molecule has 2 nitrogen and oxygen atoms in total. The van der Waals surface area contributed by atoms with Crippen molar-refractivity contribution in [3.63, 3.8) is 0 Å². The van der Waals surface area contributed by atoms with Crippen LogP contribution in [0.4, 0.5) is 10.1 Å². The van der Waals surface area contributed by atoms with Gasteiger partial charge in [0.25, 0.3) is 0 Å². The summed E-state index contributed by atoms with van der Waals surface area (Å²) in [7, 11) is 0. The SMILES string of the molecule is Cc1ccc(NC(=S)NCc2ccccc2F)cc1Cl. The number of anilines is 1. The average Bonchev–Trinajstić information content (AvgIpc) is 2.42. The molecule has 0 aliphatic carbocycles. The van der Waals surface area contributed by atoms with E-state index in [4.69, 9.17) is 23.8 Å². The second kappa shape index (κ2) is 6.68. The molecule has 0 heterocycles. The van der Waals surface area contributed by atoms with Crippen molar-refractivity contribution in [3.05, 3.63) is 64.4 Å². The Labute approximate surface area is 128 Å². The highest BCUT2D eigenvalue weighted by Crippen LogP contribution is 2.19. The summed E-state index contributed by atoms with van der Waals surface area (Å²) < 4.78 is 13.4. The molecule has 0 saturated heterocycles. The molecule has 2 aromatic carbocycles. The topological polar surface area (TPSA) is 24.1 Å². The Morgan fingerprint density at radius 3 is 2.70 bits per heavy atom. The first-order valence-corrected chi connectivity index (χ1v) is 6.89. The van der Waals surface area contributed by atoms with Gasteiger partial charge in [0, 0.05) is 22.8 Å². The second-order valence-corrected chi connectivity index (χ2v) is 5.18. The standard InChI is InChI=1S/C15H14ClFN2S/c1-10-6-7-12(8-13(10)16)19-15(20)18-9-11-4-2-3-5-14(11)17/h2-8H,9H2,1H3,(H2,18,19,20). The molecule has 20 heavy (non-hydrogen) atoms. The van der Waals surface area contributed by atoms with Crippen molar-refractivity contribution in [2.24, 2.45) is 0 Å². The van der Waals surface area contributed by atoms with Crippen molar-refractivity contribution in [3.8, 4) is 0 Å². The molecule has 0 saturated carbocycles. The van der Waals surface area contributed by atoms with Gasteiger partial charge in [-0.1, -0.05) is 35.9 Å². The molecule has 2 aromatic rings. The van der Waals surface area contributed by atoms with Gasteiger partial charge in [0.15, 0.2) is 5.11 Å². The van der Waals surface area contributed by atoms with Crippen LogP contribution >= 0.6 is 23.8 Å². The van der Waals surface area contributed by atoms with E-state index in [-0.39, 0.29) is 5.82 Å². The third-order valence-electron chi connectivity index (χ3n) is 2.83. The first-order valence-electron chi connectivity index (χ1n) is 6.10. The van der Waals surface area contributed by atoms with Gasteiger partial charge in [-0.25, -0.2) is 4.39 Å². The number of hydrogen-bond donors (Lipinski definition) is 2. The number of halogens is 2. The lowest BCUT2D eigenvalue weighted by Crippen LogP contribution is -2.28. The smallest absolute Gasteiger partial charge is 0.171 e. The van der Waals surface area contributed by atoms with Crippen LogP contribution in [0.1, 0.15) is 11.1 Å². The molecule has 0 bridgehead atoms. The van der Waals surface area contributed by atoms with Crippen molar-refractivity contribution in [2.45, 2.75) is 13.5 Å². The van der Waals surface area contributed by atoms with Crippen LogP contribution in [0.3, 0.4) is 0 Å². The van der Waals surface area contributed by atoms with Gasteiger partial charge in [0.2, 0.25) is 0 Å². The van der Waals surface area contributed by atoms with Crippen LogP contribution in [0, 0.1) is 12.7 Å². The highest BCUT2D eigenvalue weighted by atomic mass is 35.5. The summed E-state index contributed by atoms with van der Waals surface area (Å²) in [6, 6.07) is 12.2. The molecule has 0 amide bonds. The van der Waals surface area contributed by atoms with Crippen LogP contribution in [0.25, 0.3) is 0 Å². The molecule has 2 rings (SSSR count). The summed E-state index contributed by atoms with van der Waals surface area (Å²) in [6.45, 7) is 2.26. The fourth-order valence-electron chi connectivity index (χ4n) is 1.66. The molecule has 0 aliphatic heterocycles. The summed E-state index contributed by atoms with van der Waals surface area (Å²) in [5.41, 5.74) is 2.37. The molecule has 0 radical (unpaired) electrons. The number of aryl methyl sites for hydroxylation is 1. The fraction of sp³-hybridized carbons (Fsp3) is 0.133. The van der Waals surface area contributed by atoms with Gasteiger partial charge in [0.05, 0.1) is 0 Å². The highest BCUT2D eigenvalue weighted by Gasteiger charge is 2.03. The Morgan fingerprint density at radius 1 is 1.25 bits per heavy atom. The van der Waals surface area contributed by atoms with Crippen molar-refractivity contribution < 1.29 is 4.39 Å². The van der Waals surface area contributed by atoms with E-state index in [1.54, 1.807) is 24.3 Å². The maximum absolute atomic E-state index is 13.4. The lowest BCUT2D eigenvalue weighted by atomic mass is 10.2. The van der Waals surface area contributed by atoms with Gasteiger partial charge < -0.3 is 10.6 Å². The third kappa shape index (κ3) is 3.92. The van der Waals surface area contributed by atoms with E-state index in [0.29, 0.717) is 22.2 Å². The van der Waals surface area contributed by atoms with E-state index in [1.165, 1.54) is 6.07 Å². The second-order valence-electron chi connectivity index (χ2n) is 4.36. The van der Waals surface area contributed by atoms with E-state index in [0.717, 1.165) is 11.3 Å². The number of nitrogens with one attached hydrogen (secondary N) is 2. The summed E-state index contributed by atoms with van der Waals surface area (Å²) >= 11 is 11.2. The van der Waals surface area contributed by atoms with Gasteiger partial charge in [-0.2, -0.15) is 0 Å². The quantitative estimate of drug-likeness (QED) is 0.828. The monoisotopic (exact) mass is 308 g/mol. The molecule has 0 aromatic heterocycles. The third-order valence-corrected chi connectivity index (χ3v) is 3.48. The number of rotatable bonds is 3. The van der Waals surface area contributed by atoms with Crippen molar-refractivity contribution >= 4 is 34.6 Å². The molecule has 0 aliphatic rings. The summed E-state index contributed by atoms with van der Waals surface area (Å²) in [5, 5.41) is 7.07. The van der Waals surface area contributed by atoms with Crippen LogP contribution < -0.4 is 10.6 Å². The Morgan fingerprint density at radius 2 is 2.00 bits per heavy atom. The predicted octanol–water partition coefficient (Wildman–Crippen LogP) is 4.27. The minimum absolute atomic E-state index is 0.249. The Balaban J connectivity index is 1.93. The molecule has 0 fully saturated rings. The van der Waals surface area contributed by atoms with Gasteiger partial charge in [0.1, 0.15) is 5.82 Å². The lowest BCUT2D eigenvalue weighted by Gasteiger charge is -2.11.